The highest BCUT2D eigenvalue weighted by atomic mass is 35.5. The number of aryl methyl sites for hydroxylation is 1. The van der Waals surface area contributed by atoms with Crippen molar-refractivity contribution in [3.05, 3.63) is 29.3 Å². The summed E-state index contributed by atoms with van der Waals surface area (Å²) in [6.45, 7) is 6.10. The van der Waals surface area contributed by atoms with Crippen LogP contribution in [0, 0.1) is 12.8 Å². The van der Waals surface area contributed by atoms with Crippen LogP contribution >= 0.6 is 12.4 Å². The predicted molar refractivity (Wildman–Crippen MR) is 80.6 cm³/mol. The Morgan fingerprint density at radius 1 is 1.47 bits per heavy atom. The van der Waals surface area contributed by atoms with Crippen molar-refractivity contribution in [3.8, 4) is 0 Å². The van der Waals surface area contributed by atoms with E-state index in [2.05, 4.69) is 5.32 Å². The zero-order valence-corrected chi connectivity index (χ0v) is 12.5. The minimum atomic E-state index is -0.514. The molecule has 0 aliphatic carbocycles. The summed E-state index contributed by atoms with van der Waals surface area (Å²) in [4.78, 5) is 12.0. The maximum absolute atomic E-state index is 12.0. The number of nitrogens with two attached hydrogens (primary N) is 1. The fraction of sp³-hybridized carbons (Fsp3) is 0.500. The molecule has 5 heteroatoms. The van der Waals surface area contributed by atoms with Crippen molar-refractivity contribution in [3.63, 3.8) is 0 Å². The van der Waals surface area contributed by atoms with E-state index in [-0.39, 0.29) is 30.8 Å². The minimum Gasteiger partial charge on any atom is -0.399 e. The highest BCUT2D eigenvalue weighted by Gasteiger charge is 2.15. The topological polar surface area (TPSA) is 75.3 Å². The number of aliphatic hydroxyl groups is 1. The lowest BCUT2D eigenvalue weighted by Gasteiger charge is -2.18. The Hall–Kier alpha value is -1.26. The van der Waals surface area contributed by atoms with Crippen LogP contribution in [0.1, 0.15) is 36.2 Å². The summed E-state index contributed by atoms with van der Waals surface area (Å²) in [6.07, 6.45) is 0.370. The molecular weight excluding hydrogens is 264 g/mol. The number of carbonyl (C=O) groups excluding carboxylic acids is 1. The third-order valence-electron chi connectivity index (χ3n) is 3.28. The quantitative estimate of drug-likeness (QED) is 0.726. The van der Waals surface area contributed by atoms with Gasteiger partial charge >= 0.3 is 0 Å². The van der Waals surface area contributed by atoms with E-state index in [9.17, 15) is 9.90 Å². The summed E-state index contributed by atoms with van der Waals surface area (Å²) < 4.78 is 0. The number of amides is 1. The van der Waals surface area contributed by atoms with Crippen molar-refractivity contribution >= 4 is 24.0 Å². The predicted octanol–water partition coefficient (Wildman–Crippen LogP) is 2.14. The van der Waals surface area contributed by atoms with Gasteiger partial charge in [-0.05, 0) is 30.5 Å². The lowest BCUT2D eigenvalue weighted by molar-refractivity contribution is 0.0849. The fourth-order valence-electron chi connectivity index (χ4n) is 1.65. The molecule has 1 aromatic carbocycles. The number of aliphatic hydroxyl groups excluding tert-OH is 1. The van der Waals surface area contributed by atoms with Gasteiger partial charge in [0, 0.05) is 17.8 Å². The van der Waals surface area contributed by atoms with E-state index in [1.54, 1.807) is 12.1 Å². The first-order chi connectivity index (χ1) is 8.45. The molecular formula is C14H23ClN2O2. The number of nitrogens with one attached hydrogen (secondary N) is 1. The van der Waals surface area contributed by atoms with Gasteiger partial charge in [-0.25, -0.2) is 0 Å². The molecule has 0 aromatic heterocycles. The van der Waals surface area contributed by atoms with Crippen LogP contribution in [0.3, 0.4) is 0 Å². The fourth-order valence-corrected chi connectivity index (χ4v) is 1.65. The van der Waals surface area contributed by atoms with Crippen LogP contribution in [0.15, 0.2) is 18.2 Å². The van der Waals surface area contributed by atoms with E-state index in [4.69, 9.17) is 5.73 Å². The first-order valence-electron chi connectivity index (χ1n) is 6.28. The van der Waals surface area contributed by atoms with Crippen molar-refractivity contribution in [2.24, 2.45) is 5.92 Å². The normalized spacial score (nSPS) is 13.3. The van der Waals surface area contributed by atoms with E-state index in [1.807, 2.05) is 26.8 Å². The van der Waals surface area contributed by atoms with Gasteiger partial charge in [0.05, 0.1) is 6.10 Å². The maximum atomic E-state index is 12.0. The van der Waals surface area contributed by atoms with Crippen molar-refractivity contribution < 1.29 is 9.90 Å². The molecule has 1 amide bonds. The Bertz CT molecular complexity index is 424. The zero-order valence-electron chi connectivity index (χ0n) is 11.6. The standard InChI is InChI=1S/C14H22N2O2.ClH/c1-4-9(2)13(17)8-16-14(18)12-7-11(15)6-5-10(12)3;/h5-7,9,13,17H,4,8,15H2,1-3H3,(H,16,18);1H. The number of anilines is 1. The van der Waals surface area contributed by atoms with Crippen LogP contribution in [0.25, 0.3) is 0 Å². The average Bonchev–Trinajstić information content (AvgIpc) is 2.37. The molecule has 0 heterocycles. The molecule has 1 aromatic rings. The molecule has 0 radical (unpaired) electrons. The number of nitrogen functional groups attached to an aromatic ring is 1. The van der Waals surface area contributed by atoms with Gasteiger partial charge in [-0.1, -0.05) is 26.3 Å². The van der Waals surface area contributed by atoms with Gasteiger partial charge in [-0.2, -0.15) is 0 Å². The van der Waals surface area contributed by atoms with Gasteiger partial charge in [-0.15, -0.1) is 12.4 Å². The molecule has 0 spiro atoms. The molecule has 0 aliphatic rings. The molecule has 4 N–H and O–H groups in total. The number of carbonyl (C=O) groups is 1. The molecule has 0 saturated heterocycles. The first kappa shape index (κ1) is 17.7. The number of hydrogen-bond acceptors (Lipinski definition) is 3. The van der Waals surface area contributed by atoms with Crippen molar-refractivity contribution in [2.45, 2.75) is 33.3 Å². The summed E-state index contributed by atoms with van der Waals surface area (Å²) in [6, 6.07) is 5.23. The molecule has 0 saturated carbocycles. The monoisotopic (exact) mass is 286 g/mol. The van der Waals surface area contributed by atoms with Gasteiger partial charge in [0.25, 0.3) is 5.91 Å². The molecule has 0 aliphatic heterocycles. The number of benzene rings is 1. The molecule has 0 fully saturated rings. The van der Waals surface area contributed by atoms with Gasteiger partial charge < -0.3 is 16.2 Å². The SMILES string of the molecule is CCC(C)C(O)CNC(=O)c1cc(N)ccc1C.Cl. The summed E-state index contributed by atoms with van der Waals surface area (Å²) in [5, 5.41) is 12.5. The third-order valence-corrected chi connectivity index (χ3v) is 3.28. The van der Waals surface area contributed by atoms with Crippen molar-refractivity contribution in [1.29, 1.82) is 0 Å². The van der Waals surface area contributed by atoms with Crippen LogP contribution in [0.4, 0.5) is 5.69 Å². The summed E-state index contributed by atoms with van der Waals surface area (Å²) in [7, 11) is 0. The maximum Gasteiger partial charge on any atom is 0.251 e. The van der Waals surface area contributed by atoms with Gasteiger partial charge in [-0.3, -0.25) is 4.79 Å². The summed E-state index contributed by atoms with van der Waals surface area (Å²) in [5.41, 5.74) is 7.66. The summed E-state index contributed by atoms with van der Waals surface area (Å²) >= 11 is 0. The van der Waals surface area contributed by atoms with Crippen molar-refractivity contribution in [1.82, 2.24) is 5.32 Å². The highest BCUT2D eigenvalue weighted by molar-refractivity contribution is 5.96. The van der Waals surface area contributed by atoms with E-state index in [0.29, 0.717) is 11.3 Å². The molecule has 19 heavy (non-hydrogen) atoms. The van der Waals surface area contributed by atoms with E-state index in [1.165, 1.54) is 0 Å². The molecule has 2 unspecified atom stereocenters. The van der Waals surface area contributed by atoms with Crippen LogP contribution in [0.5, 0.6) is 0 Å². The Morgan fingerprint density at radius 2 is 2.11 bits per heavy atom. The van der Waals surface area contributed by atoms with E-state index < -0.39 is 6.10 Å². The Labute approximate surface area is 120 Å². The molecule has 1 rings (SSSR count). The van der Waals surface area contributed by atoms with Gasteiger partial charge in [0.2, 0.25) is 0 Å². The van der Waals surface area contributed by atoms with E-state index >= 15 is 0 Å². The number of hydrogen-bond donors (Lipinski definition) is 3. The van der Waals surface area contributed by atoms with E-state index in [0.717, 1.165) is 12.0 Å². The van der Waals surface area contributed by atoms with Crippen LogP contribution < -0.4 is 11.1 Å². The number of halogens is 1. The molecule has 0 bridgehead atoms. The minimum absolute atomic E-state index is 0. The molecule has 4 nitrogen and oxygen atoms in total. The highest BCUT2D eigenvalue weighted by Crippen LogP contribution is 2.13. The molecule has 2 atom stereocenters. The average molecular weight is 287 g/mol. The van der Waals surface area contributed by atoms with Crippen LogP contribution in [0.2, 0.25) is 0 Å². The largest absolute Gasteiger partial charge is 0.399 e. The zero-order chi connectivity index (χ0) is 13.7. The second kappa shape index (κ2) is 8.02. The van der Waals surface area contributed by atoms with Crippen LogP contribution in [-0.2, 0) is 0 Å². The number of rotatable bonds is 5. The first-order valence-corrected chi connectivity index (χ1v) is 6.28. The lowest BCUT2D eigenvalue weighted by Crippen LogP contribution is -2.35. The lowest BCUT2D eigenvalue weighted by atomic mass is 10.0. The Balaban J connectivity index is 0.00000324. The summed E-state index contributed by atoms with van der Waals surface area (Å²) in [5.74, 6) is -0.0191. The Morgan fingerprint density at radius 3 is 2.68 bits per heavy atom. The second-order valence-electron chi connectivity index (χ2n) is 4.74. The third kappa shape index (κ3) is 5.09. The van der Waals surface area contributed by atoms with Crippen LogP contribution in [-0.4, -0.2) is 23.7 Å². The smallest absolute Gasteiger partial charge is 0.251 e. The Kier molecular flexibility index (Phi) is 7.49. The molecule has 108 valence electrons. The van der Waals surface area contributed by atoms with Crippen molar-refractivity contribution in [2.75, 3.05) is 12.3 Å². The van der Waals surface area contributed by atoms with Gasteiger partial charge in [0.15, 0.2) is 0 Å². The van der Waals surface area contributed by atoms with Gasteiger partial charge in [0.1, 0.15) is 0 Å². The second-order valence-corrected chi connectivity index (χ2v) is 4.74.